The first-order valence-electron chi connectivity index (χ1n) is 9.63. The molecule has 158 valence electrons. The van der Waals surface area contributed by atoms with E-state index in [1.807, 2.05) is 37.4 Å². The molecule has 2 aromatic heterocycles. The number of benzene rings is 2. The molecule has 0 radical (unpaired) electrons. The first-order chi connectivity index (χ1) is 14.9. The second-order valence-electron chi connectivity index (χ2n) is 7.23. The van der Waals surface area contributed by atoms with Crippen molar-refractivity contribution >= 4 is 21.6 Å². The number of sulfonamides is 1. The van der Waals surface area contributed by atoms with Crippen molar-refractivity contribution in [3.05, 3.63) is 70.9 Å². The summed E-state index contributed by atoms with van der Waals surface area (Å²) in [5.74, 6) is 0.720. The highest BCUT2D eigenvalue weighted by atomic mass is 35.5. The van der Waals surface area contributed by atoms with Gasteiger partial charge in [0.25, 0.3) is 5.89 Å². The number of nitrogens with zero attached hydrogens (tertiary/aromatic N) is 5. The molecule has 31 heavy (non-hydrogen) atoms. The van der Waals surface area contributed by atoms with Crippen LogP contribution in [0, 0.1) is 0 Å². The van der Waals surface area contributed by atoms with E-state index in [0.29, 0.717) is 29.5 Å². The number of hydrogen-bond donors (Lipinski definition) is 0. The highest BCUT2D eigenvalue weighted by Crippen LogP contribution is 2.32. The average molecular weight is 456 g/mol. The lowest BCUT2D eigenvalue weighted by molar-refractivity contribution is 0.385. The van der Waals surface area contributed by atoms with Crippen LogP contribution in [0.3, 0.4) is 0 Å². The third-order valence-electron chi connectivity index (χ3n) is 5.32. The molecule has 1 aliphatic heterocycles. The van der Waals surface area contributed by atoms with Crippen LogP contribution in [0.5, 0.6) is 0 Å². The van der Waals surface area contributed by atoms with Crippen LogP contribution in [-0.4, -0.2) is 39.2 Å². The zero-order chi connectivity index (χ0) is 21.6. The Morgan fingerprint density at radius 1 is 1.06 bits per heavy atom. The second-order valence-corrected chi connectivity index (χ2v) is 9.60. The summed E-state index contributed by atoms with van der Waals surface area (Å²) in [6, 6.07) is 15.7. The van der Waals surface area contributed by atoms with Gasteiger partial charge in [-0.15, -0.1) is 0 Å². The van der Waals surface area contributed by atoms with Crippen molar-refractivity contribution in [1.82, 2.24) is 24.2 Å². The molecule has 8 nitrogen and oxygen atoms in total. The van der Waals surface area contributed by atoms with Gasteiger partial charge in [-0.25, -0.2) is 8.42 Å². The molecule has 0 saturated heterocycles. The lowest BCUT2D eigenvalue weighted by Gasteiger charge is -2.26. The molecule has 2 aromatic carbocycles. The lowest BCUT2D eigenvalue weighted by Crippen LogP contribution is -2.36. The topological polar surface area (TPSA) is 94.1 Å². The first kappa shape index (κ1) is 19.9. The molecular formula is C21H18ClN5O3S. The van der Waals surface area contributed by atoms with Crippen molar-refractivity contribution < 1.29 is 12.9 Å². The fourth-order valence-corrected chi connectivity index (χ4v) is 5.26. The minimum absolute atomic E-state index is 0.173. The average Bonchev–Trinajstić information content (AvgIpc) is 3.39. The van der Waals surface area contributed by atoms with E-state index in [-0.39, 0.29) is 17.3 Å². The summed E-state index contributed by atoms with van der Waals surface area (Å²) in [6.45, 7) is 0.530. The van der Waals surface area contributed by atoms with Gasteiger partial charge in [-0.2, -0.15) is 14.4 Å². The Morgan fingerprint density at radius 2 is 1.81 bits per heavy atom. The maximum atomic E-state index is 13.2. The summed E-state index contributed by atoms with van der Waals surface area (Å²) >= 11 is 5.91. The van der Waals surface area contributed by atoms with E-state index in [2.05, 4.69) is 15.2 Å². The molecule has 0 aliphatic carbocycles. The normalized spacial score (nSPS) is 14.5. The molecule has 0 fully saturated rings. The molecule has 0 unspecified atom stereocenters. The highest BCUT2D eigenvalue weighted by Gasteiger charge is 2.33. The molecule has 0 saturated carbocycles. The smallest absolute Gasteiger partial charge is 0.279 e. The Bertz CT molecular complexity index is 1350. The highest BCUT2D eigenvalue weighted by molar-refractivity contribution is 7.89. The largest absolute Gasteiger partial charge is 0.332 e. The number of aromatic nitrogens is 4. The number of rotatable bonds is 4. The van der Waals surface area contributed by atoms with Crippen molar-refractivity contribution in [1.29, 1.82) is 0 Å². The van der Waals surface area contributed by atoms with Crippen LogP contribution in [0.25, 0.3) is 23.0 Å². The van der Waals surface area contributed by atoms with E-state index in [9.17, 15) is 8.42 Å². The molecule has 0 spiro atoms. The number of halogens is 1. The van der Waals surface area contributed by atoms with E-state index in [0.717, 1.165) is 16.8 Å². The first-order valence-corrected chi connectivity index (χ1v) is 11.5. The van der Waals surface area contributed by atoms with Crippen LogP contribution in [0.15, 0.2) is 64.0 Å². The maximum Gasteiger partial charge on any atom is 0.279 e. The van der Waals surface area contributed by atoms with Gasteiger partial charge in [-0.1, -0.05) is 47.1 Å². The van der Waals surface area contributed by atoms with E-state index in [1.54, 1.807) is 16.8 Å². The van der Waals surface area contributed by atoms with Crippen LogP contribution in [0.4, 0.5) is 0 Å². The fraction of sp³-hybridized carbons (Fsp3) is 0.190. The van der Waals surface area contributed by atoms with Gasteiger partial charge in [-0.05, 0) is 24.3 Å². The molecule has 0 amide bonds. The number of fused-ring (bicyclic) bond motifs is 1. The molecule has 0 bridgehead atoms. The van der Waals surface area contributed by atoms with Crippen molar-refractivity contribution in [2.24, 2.45) is 7.05 Å². The summed E-state index contributed by atoms with van der Waals surface area (Å²) in [5.41, 5.74) is 3.06. The number of aryl methyl sites for hydroxylation is 1. The van der Waals surface area contributed by atoms with Crippen LogP contribution in [-0.2, 0) is 30.0 Å². The summed E-state index contributed by atoms with van der Waals surface area (Å²) in [4.78, 5) is 4.69. The number of hydrogen-bond acceptors (Lipinski definition) is 6. The van der Waals surface area contributed by atoms with Gasteiger partial charge in [-0.3, -0.25) is 4.68 Å². The van der Waals surface area contributed by atoms with Crippen molar-refractivity contribution in [2.45, 2.75) is 17.9 Å². The van der Waals surface area contributed by atoms with E-state index in [1.165, 1.54) is 16.4 Å². The Hall–Kier alpha value is -3.01. The minimum Gasteiger partial charge on any atom is -0.332 e. The Morgan fingerprint density at radius 3 is 2.55 bits per heavy atom. The van der Waals surface area contributed by atoms with Gasteiger partial charge in [0, 0.05) is 48.4 Å². The molecule has 4 aromatic rings. The lowest BCUT2D eigenvalue weighted by atomic mass is 10.1. The second kappa shape index (κ2) is 7.60. The molecular weight excluding hydrogens is 438 g/mol. The molecule has 1 aliphatic rings. The summed E-state index contributed by atoms with van der Waals surface area (Å²) in [5, 5.41) is 9.10. The van der Waals surface area contributed by atoms with Crippen LogP contribution >= 0.6 is 11.6 Å². The van der Waals surface area contributed by atoms with E-state index in [4.69, 9.17) is 16.1 Å². The quantitative estimate of drug-likeness (QED) is 0.467. The maximum absolute atomic E-state index is 13.2. The zero-order valence-electron chi connectivity index (χ0n) is 16.6. The third-order valence-corrected chi connectivity index (χ3v) is 7.43. The van der Waals surface area contributed by atoms with Crippen LogP contribution in [0.1, 0.15) is 11.3 Å². The summed E-state index contributed by atoms with van der Waals surface area (Å²) in [6.07, 6.45) is 0.533. The predicted octanol–water partition coefficient (Wildman–Crippen LogP) is 3.54. The Balaban J connectivity index is 1.50. The van der Waals surface area contributed by atoms with Crippen LogP contribution < -0.4 is 0 Å². The Kier molecular flexibility index (Phi) is 4.88. The van der Waals surface area contributed by atoms with Crippen molar-refractivity contribution in [2.75, 3.05) is 6.54 Å². The molecule has 0 N–H and O–H groups in total. The SMILES string of the molecule is Cn1nc(-c2nc(-c3ccccc3)no2)c2c1CCN(S(=O)(=O)c1ccc(Cl)cc1)C2. The standard InChI is InChI=1S/C21H18ClN5O3S/c1-26-18-11-12-27(31(28,29)16-9-7-15(22)8-10-16)13-17(18)19(24-26)21-23-20(25-30-21)14-5-3-2-4-6-14/h2-10H,11-13H2,1H3. The summed E-state index contributed by atoms with van der Waals surface area (Å²) in [7, 11) is -1.84. The van der Waals surface area contributed by atoms with E-state index < -0.39 is 10.0 Å². The van der Waals surface area contributed by atoms with Gasteiger partial charge in [0.1, 0.15) is 0 Å². The monoisotopic (exact) mass is 455 g/mol. The van der Waals surface area contributed by atoms with Crippen molar-refractivity contribution in [3.8, 4) is 23.0 Å². The third kappa shape index (κ3) is 3.54. The molecule has 5 rings (SSSR count). The van der Waals surface area contributed by atoms with Gasteiger partial charge < -0.3 is 4.52 Å². The minimum atomic E-state index is -3.68. The molecule has 10 heteroatoms. The summed E-state index contributed by atoms with van der Waals surface area (Å²) < 4.78 is 35.0. The van der Waals surface area contributed by atoms with Gasteiger partial charge in [0.15, 0.2) is 5.69 Å². The molecule has 0 atom stereocenters. The van der Waals surface area contributed by atoms with Crippen LogP contribution in [0.2, 0.25) is 5.02 Å². The van der Waals surface area contributed by atoms with E-state index >= 15 is 0 Å². The van der Waals surface area contributed by atoms with Gasteiger partial charge in [0.2, 0.25) is 15.8 Å². The molecule has 3 heterocycles. The predicted molar refractivity (Wildman–Crippen MR) is 115 cm³/mol. The fourth-order valence-electron chi connectivity index (χ4n) is 3.72. The Labute approximate surface area is 184 Å². The zero-order valence-corrected chi connectivity index (χ0v) is 18.1. The van der Waals surface area contributed by atoms with Crippen molar-refractivity contribution in [3.63, 3.8) is 0 Å². The van der Waals surface area contributed by atoms with Gasteiger partial charge in [0.05, 0.1) is 4.90 Å². The van der Waals surface area contributed by atoms with Gasteiger partial charge >= 0.3 is 0 Å².